The Bertz CT molecular complexity index is 166. The molecule has 1 atom stereocenters. The highest BCUT2D eigenvalue weighted by Crippen LogP contribution is 2.13. The fourth-order valence-electron chi connectivity index (χ4n) is 0.575. The summed E-state index contributed by atoms with van der Waals surface area (Å²) in [5.74, 6) is 0. The summed E-state index contributed by atoms with van der Waals surface area (Å²) in [7, 11) is 0. The molecule has 1 nitrogen and oxygen atoms in total. The molecule has 0 fully saturated rings. The van der Waals surface area contributed by atoms with E-state index >= 15 is 0 Å². The molecule has 4 heteroatoms. The van der Waals surface area contributed by atoms with Gasteiger partial charge >= 0.3 is 0 Å². The standard InChI is InChI=1S/C6H8FNS.ClH/c7-3-6(8)5-1-2-9-4-5;/h1-2,4,6H,3,8H2;1H/t6-;/m1./s1. The van der Waals surface area contributed by atoms with Gasteiger partial charge in [-0.2, -0.15) is 11.3 Å². The molecule has 0 saturated heterocycles. The Hall–Kier alpha value is -0.120. The molecule has 1 aromatic rings. The van der Waals surface area contributed by atoms with Gasteiger partial charge in [0.25, 0.3) is 0 Å². The van der Waals surface area contributed by atoms with E-state index < -0.39 is 12.7 Å². The van der Waals surface area contributed by atoms with Crippen LogP contribution in [0.5, 0.6) is 0 Å². The van der Waals surface area contributed by atoms with E-state index in [9.17, 15) is 4.39 Å². The van der Waals surface area contributed by atoms with Crippen molar-refractivity contribution in [2.24, 2.45) is 5.73 Å². The number of alkyl halides is 1. The van der Waals surface area contributed by atoms with E-state index in [0.717, 1.165) is 5.56 Å². The molecule has 0 aromatic carbocycles. The molecule has 58 valence electrons. The van der Waals surface area contributed by atoms with Gasteiger partial charge in [-0.15, -0.1) is 12.4 Å². The number of rotatable bonds is 2. The Morgan fingerprint density at radius 2 is 2.40 bits per heavy atom. The van der Waals surface area contributed by atoms with Crippen LogP contribution in [0.3, 0.4) is 0 Å². The van der Waals surface area contributed by atoms with Gasteiger partial charge in [0, 0.05) is 0 Å². The van der Waals surface area contributed by atoms with Crippen LogP contribution in [-0.2, 0) is 0 Å². The Balaban J connectivity index is 0.000000810. The van der Waals surface area contributed by atoms with Crippen LogP contribution in [0.1, 0.15) is 11.6 Å². The van der Waals surface area contributed by atoms with E-state index in [-0.39, 0.29) is 12.4 Å². The summed E-state index contributed by atoms with van der Waals surface area (Å²) in [6.45, 7) is -0.475. The second kappa shape index (κ2) is 4.66. The van der Waals surface area contributed by atoms with Crippen molar-refractivity contribution in [2.45, 2.75) is 6.04 Å². The fraction of sp³-hybridized carbons (Fsp3) is 0.333. The zero-order valence-corrected chi connectivity index (χ0v) is 6.92. The lowest BCUT2D eigenvalue weighted by molar-refractivity contribution is 0.438. The summed E-state index contributed by atoms with van der Waals surface area (Å²) < 4.78 is 11.8. The highest BCUT2D eigenvalue weighted by molar-refractivity contribution is 7.07. The zero-order chi connectivity index (χ0) is 6.69. The molecule has 0 radical (unpaired) electrons. The maximum atomic E-state index is 11.8. The minimum Gasteiger partial charge on any atom is -0.322 e. The minimum absolute atomic E-state index is 0. The van der Waals surface area contributed by atoms with Crippen LogP contribution in [-0.4, -0.2) is 6.67 Å². The van der Waals surface area contributed by atoms with Crippen molar-refractivity contribution in [3.8, 4) is 0 Å². The Morgan fingerprint density at radius 1 is 1.70 bits per heavy atom. The molecule has 0 bridgehead atoms. The maximum absolute atomic E-state index is 11.8. The normalized spacial score (nSPS) is 12.2. The van der Waals surface area contributed by atoms with Gasteiger partial charge in [0.05, 0.1) is 6.04 Å². The largest absolute Gasteiger partial charge is 0.322 e. The molecule has 2 N–H and O–H groups in total. The van der Waals surface area contributed by atoms with E-state index in [0.29, 0.717) is 0 Å². The van der Waals surface area contributed by atoms with Gasteiger partial charge < -0.3 is 5.73 Å². The number of hydrogen-bond donors (Lipinski definition) is 1. The Labute approximate surface area is 69.5 Å². The van der Waals surface area contributed by atoms with Crippen LogP contribution in [0.4, 0.5) is 4.39 Å². The van der Waals surface area contributed by atoms with Crippen LogP contribution in [0.2, 0.25) is 0 Å². The first kappa shape index (κ1) is 9.88. The summed E-state index contributed by atoms with van der Waals surface area (Å²) in [5, 5.41) is 3.76. The van der Waals surface area contributed by atoms with Gasteiger partial charge in [0.1, 0.15) is 6.67 Å². The van der Waals surface area contributed by atoms with Gasteiger partial charge in [-0.25, -0.2) is 4.39 Å². The van der Waals surface area contributed by atoms with Crippen LogP contribution in [0.25, 0.3) is 0 Å². The Morgan fingerprint density at radius 3 is 2.80 bits per heavy atom. The van der Waals surface area contributed by atoms with Gasteiger partial charge in [0.2, 0.25) is 0 Å². The number of hydrogen-bond acceptors (Lipinski definition) is 2. The molecule has 0 unspecified atom stereocenters. The molecule has 10 heavy (non-hydrogen) atoms. The smallest absolute Gasteiger partial charge is 0.109 e. The summed E-state index contributed by atoms with van der Waals surface area (Å²) in [5.41, 5.74) is 6.26. The molecular formula is C6H9ClFNS. The van der Waals surface area contributed by atoms with Crippen molar-refractivity contribution in [1.82, 2.24) is 0 Å². The summed E-state index contributed by atoms with van der Waals surface area (Å²) in [4.78, 5) is 0. The van der Waals surface area contributed by atoms with Crippen LogP contribution >= 0.6 is 23.7 Å². The topological polar surface area (TPSA) is 26.0 Å². The quantitative estimate of drug-likeness (QED) is 0.744. The Kier molecular flexibility index (Phi) is 4.60. The predicted molar refractivity (Wildman–Crippen MR) is 44.5 cm³/mol. The van der Waals surface area contributed by atoms with E-state index in [1.807, 2.05) is 16.8 Å². The van der Waals surface area contributed by atoms with E-state index in [4.69, 9.17) is 5.73 Å². The molecular weight excluding hydrogens is 173 g/mol. The molecule has 0 aliphatic carbocycles. The highest BCUT2D eigenvalue weighted by atomic mass is 35.5. The molecule has 1 aromatic heterocycles. The van der Waals surface area contributed by atoms with Crippen LogP contribution in [0.15, 0.2) is 16.8 Å². The lowest BCUT2D eigenvalue weighted by Crippen LogP contribution is -2.10. The first-order valence-electron chi connectivity index (χ1n) is 2.68. The molecule has 0 spiro atoms. The lowest BCUT2D eigenvalue weighted by atomic mass is 10.2. The van der Waals surface area contributed by atoms with Crippen molar-refractivity contribution < 1.29 is 4.39 Å². The van der Waals surface area contributed by atoms with Crippen LogP contribution < -0.4 is 5.73 Å². The first-order chi connectivity index (χ1) is 4.34. The molecule has 0 aliphatic rings. The molecule has 1 rings (SSSR count). The van der Waals surface area contributed by atoms with Gasteiger partial charge in [-0.05, 0) is 22.4 Å². The lowest BCUT2D eigenvalue weighted by Gasteiger charge is -2.00. The van der Waals surface area contributed by atoms with E-state index in [2.05, 4.69) is 0 Å². The minimum atomic E-state index is -0.475. The van der Waals surface area contributed by atoms with Crippen molar-refractivity contribution >= 4 is 23.7 Å². The molecule has 0 amide bonds. The van der Waals surface area contributed by atoms with Crippen molar-refractivity contribution in [1.29, 1.82) is 0 Å². The van der Waals surface area contributed by atoms with E-state index in [1.165, 1.54) is 11.3 Å². The van der Waals surface area contributed by atoms with Crippen molar-refractivity contribution in [3.63, 3.8) is 0 Å². The van der Waals surface area contributed by atoms with Crippen LogP contribution in [0, 0.1) is 0 Å². The first-order valence-corrected chi connectivity index (χ1v) is 3.62. The number of nitrogens with two attached hydrogens (primary N) is 1. The predicted octanol–water partition coefficient (Wildman–Crippen LogP) is 2.14. The third-order valence-corrected chi connectivity index (χ3v) is 1.84. The van der Waals surface area contributed by atoms with Gasteiger partial charge in [-0.1, -0.05) is 0 Å². The summed E-state index contributed by atoms with van der Waals surface area (Å²) in [6.07, 6.45) is 0. The second-order valence-electron chi connectivity index (χ2n) is 1.82. The zero-order valence-electron chi connectivity index (χ0n) is 5.29. The number of thiophene rings is 1. The number of halogens is 2. The maximum Gasteiger partial charge on any atom is 0.109 e. The van der Waals surface area contributed by atoms with Crippen molar-refractivity contribution in [3.05, 3.63) is 22.4 Å². The average Bonchev–Trinajstić information content (AvgIpc) is 2.37. The third kappa shape index (κ3) is 2.25. The monoisotopic (exact) mass is 181 g/mol. The third-order valence-electron chi connectivity index (χ3n) is 1.14. The second-order valence-corrected chi connectivity index (χ2v) is 2.60. The summed E-state index contributed by atoms with van der Waals surface area (Å²) >= 11 is 1.54. The molecule has 1 heterocycles. The molecule has 0 aliphatic heterocycles. The van der Waals surface area contributed by atoms with Gasteiger partial charge in [0.15, 0.2) is 0 Å². The van der Waals surface area contributed by atoms with Gasteiger partial charge in [-0.3, -0.25) is 0 Å². The SMILES string of the molecule is Cl.N[C@H](CF)c1ccsc1. The average molecular weight is 182 g/mol. The molecule has 0 saturated carbocycles. The summed E-state index contributed by atoms with van der Waals surface area (Å²) in [6, 6.07) is 1.42. The highest BCUT2D eigenvalue weighted by Gasteiger charge is 2.03. The van der Waals surface area contributed by atoms with E-state index in [1.54, 1.807) is 0 Å². The fourth-order valence-corrected chi connectivity index (χ4v) is 1.30. The van der Waals surface area contributed by atoms with Crippen molar-refractivity contribution in [2.75, 3.05) is 6.67 Å².